The standard InChI is InChI=1S/C10H20N2O/c1-11-9-6-4-8(5-7-9)10(13)12(2)3/h8-9,11H,4-7H2,1-3H3/t8-,9-. The summed E-state index contributed by atoms with van der Waals surface area (Å²) in [6, 6.07) is 0.631. The lowest BCUT2D eigenvalue weighted by Gasteiger charge is -2.29. The number of carbonyl (C=O) groups is 1. The molecule has 0 aromatic heterocycles. The highest BCUT2D eigenvalue weighted by molar-refractivity contribution is 5.78. The van der Waals surface area contributed by atoms with Crippen LogP contribution in [0.15, 0.2) is 0 Å². The van der Waals surface area contributed by atoms with Crippen LogP contribution in [0.1, 0.15) is 25.7 Å². The summed E-state index contributed by atoms with van der Waals surface area (Å²) in [7, 11) is 5.68. The number of rotatable bonds is 2. The lowest BCUT2D eigenvalue weighted by Crippen LogP contribution is -2.36. The van der Waals surface area contributed by atoms with Crippen molar-refractivity contribution in [2.75, 3.05) is 21.1 Å². The first-order valence-corrected chi connectivity index (χ1v) is 5.03. The highest BCUT2D eigenvalue weighted by Crippen LogP contribution is 2.25. The second-order valence-corrected chi connectivity index (χ2v) is 4.07. The van der Waals surface area contributed by atoms with Gasteiger partial charge in [-0.3, -0.25) is 4.79 Å². The molecule has 1 fully saturated rings. The quantitative estimate of drug-likeness (QED) is 0.690. The zero-order valence-electron chi connectivity index (χ0n) is 8.84. The molecule has 1 aliphatic rings. The van der Waals surface area contributed by atoms with E-state index in [-0.39, 0.29) is 5.92 Å². The molecule has 13 heavy (non-hydrogen) atoms. The molecule has 0 spiro atoms. The van der Waals surface area contributed by atoms with E-state index in [2.05, 4.69) is 5.32 Å². The second-order valence-electron chi connectivity index (χ2n) is 4.07. The third-order valence-corrected chi connectivity index (χ3v) is 2.93. The van der Waals surface area contributed by atoms with Crippen molar-refractivity contribution >= 4 is 5.91 Å². The summed E-state index contributed by atoms with van der Waals surface area (Å²) >= 11 is 0. The van der Waals surface area contributed by atoms with Crippen LogP contribution in [0.5, 0.6) is 0 Å². The van der Waals surface area contributed by atoms with Crippen molar-refractivity contribution in [3.05, 3.63) is 0 Å². The minimum Gasteiger partial charge on any atom is -0.349 e. The molecule has 1 rings (SSSR count). The van der Waals surface area contributed by atoms with E-state index in [0.29, 0.717) is 11.9 Å². The van der Waals surface area contributed by atoms with Gasteiger partial charge in [-0.25, -0.2) is 0 Å². The molecule has 0 aliphatic heterocycles. The summed E-state index contributed by atoms with van der Waals surface area (Å²) in [6.45, 7) is 0. The molecule has 0 bridgehead atoms. The zero-order valence-corrected chi connectivity index (χ0v) is 8.84. The van der Waals surface area contributed by atoms with E-state index in [9.17, 15) is 4.79 Å². The summed E-state index contributed by atoms with van der Waals surface area (Å²) in [5.74, 6) is 0.578. The van der Waals surface area contributed by atoms with Gasteiger partial charge in [0.25, 0.3) is 0 Å². The molecule has 3 heteroatoms. The Kier molecular flexibility index (Phi) is 3.72. The van der Waals surface area contributed by atoms with Gasteiger partial charge >= 0.3 is 0 Å². The minimum atomic E-state index is 0.277. The van der Waals surface area contributed by atoms with E-state index < -0.39 is 0 Å². The van der Waals surface area contributed by atoms with Gasteiger partial charge in [-0.15, -0.1) is 0 Å². The Bertz CT molecular complexity index is 172. The number of nitrogens with zero attached hydrogens (tertiary/aromatic N) is 1. The Balaban J connectivity index is 2.36. The van der Waals surface area contributed by atoms with Crippen molar-refractivity contribution < 1.29 is 4.79 Å². The molecule has 0 heterocycles. The van der Waals surface area contributed by atoms with Crippen molar-refractivity contribution in [1.82, 2.24) is 10.2 Å². The van der Waals surface area contributed by atoms with E-state index in [4.69, 9.17) is 0 Å². The molecule has 1 N–H and O–H groups in total. The molecule has 0 aromatic rings. The van der Waals surface area contributed by atoms with Gasteiger partial charge < -0.3 is 10.2 Å². The lowest BCUT2D eigenvalue weighted by atomic mass is 9.85. The zero-order chi connectivity index (χ0) is 9.84. The molecule has 0 radical (unpaired) electrons. The van der Waals surface area contributed by atoms with E-state index in [1.807, 2.05) is 21.1 Å². The largest absolute Gasteiger partial charge is 0.349 e. The average molecular weight is 184 g/mol. The molecule has 1 amide bonds. The molecule has 0 unspecified atom stereocenters. The number of hydrogen-bond acceptors (Lipinski definition) is 2. The molecular weight excluding hydrogens is 164 g/mol. The van der Waals surface area contributed by atoms with E-state index in [1.165, 1.54) is 0 Å². The van der Waals surface area contributed by atoms with Crippen molar-refractivity contribution in [3.63, 3.8) is 0 Å². The van der Waals surface area contributed by atoms with Crippen molar-refractivity contribution in [1.29, 1.82) is 0 Å². The van der Waals surface area contributed by atoms with Gasteiger partial charge in [0.05, 0.1) is 0 Å². The average Bonchev–Trinajstić information content (AvgIpc) is 2.17. The fraction of sp³-hybridized carbons (Fsp3) is 0.900. The van der Waals surface area contributed by atoms with Crippen LogP contribution in [0, 0.1) is 5.92 Å². The van der Waals surface area contributed by atoms with Crippen molar-refractivity contribution in [2.24, 2.45) is 5.92 Å². The molecule has 1 saturated carbocycles. The summed E-state index contributed by atoms with van der Waals surface area (Å²) in [6.07, 6.45) is 4.37. The molecule has 76 valence electrons. The predicted octanol–water partition coefficient (Wildman–Crippen LogP) is 0.853. The van der Waals surface area contributed by atoms with E-state index >= 15 is 0 Å². The third-order valence-electron chi connectivity index (χ3n) is 2.93. The first-order chi connectivity index (χ1) is 6.15. The van der Waals surface area contributed by atoms with Crippen LogP contribution in [0.2, 0.25) is 0 Å². The highest BCUT2D eigenvalue weighted by Gasteiger charge is 2.26. The van der Waals surface area contributed by atoms with Crippen LogP contribution in [0.25, 0.3) is 0 Å². The summed E-state index contributed by atoms with van der Waals surface area (Å²) in [5.41, 5.74) is 0. The summed E-state index contributed by atoms with van der Waals surface area (Å²) < 4.78 is 0. The number of hydrogen-bond donors (Lipinski definition) is 1. The Labute approximate surface area is 80.5 Å². The highest BCUT2D eigenvalue weighted by atomic mass is 16.2. The SMILES string of the molecule is CN[C@H]1CC[C@H](C(=O)N(C)C)CC1. The predicted molar refractivity (Wildman–Crippen MR) is 53.5 cm³/mol. The Hall–Kier alpha value is -0.570. The molecular formula is C10H20N2O. The van der Waals surface area contributed by atoms with E-state index in [0.717, 1.165) is 25.7 Å². The van der Waals surface area contributed by atoms with Gasteiger partial charge in [0.15, 0.2) is 0 Å². The molecule has 0 saturated heterocycles. The second kappa shape index (κ2) is 4.61. The first kappa shape index (κ1) is 10.5. The first-order valence-electron chi connectivity index (χ1n) is 5.03. The third kappa shape index (κ3) is 2.69. The van der Waals surface area contributed by atoms with Crippen LogP contribution >= 0.6 is 0 Å². The smallest absolute Gasteiger partial charge is 0.225 e. The Morgan fingerprint density at radius 2 is 1.77 bits per heavy atom. The van der Waals surface area contributed by atoms with Crippen molar-refractivity contribution in [3.8, 4) is 0 Å². The van der Waals surface area contributed by atoms with Crippen molar-refractivity contribution in [2.45, 2.75) is 31.7 Å². The van der Waals surface area contributed by atoms with Crippen LogP contribution in [-0.4, -0.2) is 38.0 Å². The lowest BCUT2D eigenvalue weighted by molar-refractivity contribution is -0.134. The van der Waals surface area contributed by atoms with Gasteiger partial charge in [0, 0.05) is 26.1 Å². The molecule has 1 aliphatic carbocycles. The maximum absolute atomic E-state index is 11.6. The maximum Gasteiger partial charge on any atom is 0.225 e. The van der Waals surface area contributed by atoms with Crippen LogP contribution in [0.4, 0.5) is 0 Å². The molecule has 0 aromatic carbocycles. The summed E-state index contributed by atoms with van der Waals surface area (Å²) in [4.78, 5) is 13.3. The molecule has 0 atom stereocenters. The fourth-order valence-corrected chi connectivity index (χ4v) is 1.99. The minimum absolute atomic E-state index is 0.277. The normalized spacial score (nSPS) is 28.5. The van der Waals surface area contributed by atoms with Gasteiger partial charge in [0.2, 0.25) is 5.91 Å². The fourth-order valence-electron chi connectivity index (χ4n) is 1.99. The summed E-state index contributed by atoms with van der Waals surface area (Å²) in [5, 5.41) is 3.27. The monoisotopic (exact) mass is 184 g/mol. The van der Waals surface area contributed by atoms with Crippen LogP contribution < -0.4 is 5.32 Å². The molecule has 3 nitrogen and oxygen atoms in total. The number of nitrogens with one attached hydrogen (secondary N) is 1. The van der Waals surface area contributed by atoms with Gasteiger partial charge in [-0.05, 0) is 32.7 Å². The van der Waals surface area contributed by atoms with Crippen LogP contribution in [0.3, 0.4) is 0 Å². The van der Waals surface area contributed by atoms with Gasteiger partial charge in [-0.1, -0.05) is 0 Å². The van der Waals surface area contributed by atoms with Crippen LogP contribution in [-0.2, 0) is 4.79 Å². The Morgan fingerprint density at radius 3 is 2.15 bits per heavy atom. The topological polar surface area (TPSA) is 32.3 Å². The van der Waals surface area contributed by atoms with Gasteiger partial charge in [-0.2, -0.15) is 0 Å². The Morgan fingerprint density at radius 1 is 1.23 bits per heavy atom. The van der Waals surface area contributed by atoms with E-state index in [1.54, 1.807) is 4.90 Å². The number of carbonyl (C=O) groups excluding carboxylic acids is 1. The maximum atomic E-state index is 11.6. The van der Waals surface area contributed by atoms with Gasteiger partial charge in [0.1, 0.15) is 0 Å². The number of amides is 1.